The van der Waals surface area contributed by atoms with E-state index in [1.54, 1.807) is 6.07 Å². The molecule has 0 saturated carbocycles. The molecule has 2 aromatic carbocycles. The molecule has 0 atom stereocenters. The molecule has 0 aromatic heterocycles. The monoisotopic (exact) mass is 440 g/mol. The summed E-state index contributed by atoms with van der Waals surface area (Å²) in [6.07, 6.45) is 0. The SMILES string of the molecule is Cc1cc(Br)ccc1OCC(=O)Oc1ccc(C(C)C)cc1Br. The van der Waals surface area contributed by atoms with Gasteiger partial charge < -0.3 is 9.47 Å². The van der Waals surface area contributed by atoms with Crippen LogP contribution in [0, 0.1) is 6.92 Å². The van der Waals surface area contributed by atoms with E-state index < -0.39 is 5.97 Å². The second-order valence-corrected chi connectivity index (χ2v) is 7.29. The van der Waals surface area contributed by atoms with Gasteiger partial charge in [-0.15, -0.1) is 0 Å². The van der Waals surface area contributed by atoms with Crippen molar-refractivity contribution in [1.82, 2.24) is 0 Å². The molecule has 0 unspecified atom stereocenters. The summed E-state index contributed by atoms with van der Waals surface area (Å²) in [5.74, 6) is 1.14. The zero-order chi connectivity index (χ0) is 17.0. The number of hydrogen-bond acceptors (Lipinski definition) is 3. The Hall–Kier alpha value is -1.33. The summed E-state index contributed by atoms with van der Waals surface area (Å²) in [5.41, 5.74) is 2.13. The molecule has 2 aromatic rings. The fraction of sp³-hybridized carbons (Fsp3) is 0.278. The predicted octanol–water partition coefficient (Wildman–Crippen LogP) is 5.63. The van der Waals surface area contributed by atoms with E-state index >= 15 is 0 Å². The van der Waals surface area contributed by atoms with E-state index in [0.29, 0.717) is 17.4 Å². The molecule has 122 valence electrons. The van der Waals surface area contributed by atoms with E-state index in [9.17, 15) is 4.79 Å². The van der Waals surface area contributed by atoms with Crippen LogP contribution < -0.4 is 9.47 Å². The fourth-order valence-corrected chi connectivity index (χ4v) is 2.98. The maximum absolute atomic E-state index is 12.0. The number of carbonyl (C=O) groups excluding carboxylic acids is 1. The normalized spacial score (nSPS) is 10.7. The van der Waals surface area contributed by atoms with Gasteiger partial charge in [0, 0.05) is 4.47 Å². The molecule has 23 heavy (non-hydrogen) atoms. The Morgan fingerprint density at radius 2 is 1.78 bits per heavy atom. The molecule has 0 bridgehead atoms. The highest BCUT2D eigenvalue weighted by Gasteiger charge is 2.11. The Labute approximate surface area is 153 Å². The predicted molar refractivity (Wildman–Crippen MR) is 98.2 cm³/mol. The first kappa shape index (κ1) is 18.0. The summed E-state index contributed by atoms with van der Waals surface area (Å²) >= 11 is 6.83. The summed E-state index contributed by atoms with van der Waals surface area (Å²) in [6.45, 7) is 6.01. The first-order chi connectivity index (χ1) is 10.9. The van der Waals surface area contributed by atoms with Gasteiger partial charge in [-0.3, -0.25) is 0 Å². The van der Waals surface area contributed by atoms with Gasteiger partial charge in [0.05, 0.1) is 4.47 Å². The van der Waals surface area contributed by atoms with Crippen LogP contribution in [0.15, 0.2) is 45.3 Å². The van der Waals surface area contributed by atoms with E-state index in [1.165, 1.54) is 5.56 Å². The number of esters is 1. The highest BCUT2D eigenvalue weighted by Crippen LogP contribution is 2.29. The molecule has 0 aliphatic rings. The van der Waals surface area contributed by atoms with Gasteiger partial charge in [0.2, 0.25) is 0 Å². The smallest absolute Gasteiger partial charge is 0.349 e. The molecule has 0 fully saturated rings. The van der Waals surface area contributed by atoms with Crippen LogP contribution in [0.1, 0.15) is 30.9 Å². The lowest BCUT2D eigenvalue weighted by Gasteiger charge is -2.11. The first-order valence-corrected chi connectivity index (χ1v) is 8.84. The van der Waals surface area contributed by atoms with Crippen molar-refractivity contribution in [3.63, 3.8) is 0 Å². The zero-order valence-corrected chi connectivity index (χ0v) is 16.4. The van der Waals surface area contributed by atoms with Crippen LogP contribution >= 0.6 is 31.9 Å². The average molecular weight is 442 g/mol. The molecule has 0 saturated heterocycles. The second-order valence-electron chi connectivity index (χ2n) is 5.52. The standard InChI is InChI=1S/C18H18Br2O3/c1-11(2)13-4-6-17(15(20)9-13)23-18(21)10-22-16-7-5-14(19)8-12(16)3/h4-9,11H,10H2,1-3H3. The van der Waals surface area contributed by atoms with Gasteiger partial charge in [-0.1, -0.05) is 35.8 Å². The minimum Gasteiger partial charge on any atom is -0.482 e. The van der Waals surface area contributed by atoms with Crippen molar-refractivity contribution in [2.24, 2.45) is 0 Å². The second kappa shape index (κ2) is 7.97. The number of hydrogen-bond donors (Lipinski definition) is 0. The minimum atomic E-state index is -0.440. The van der Waals surface area contributed by atoms with Crippen LogP contribution in [0.2, 0.25) is 0 Å². The maximum Gasteiger partial charge on any atom is 0.349 e. The van der Waals surface area contributed by atoms with Gasteiger partial charge in [0.1, 0.15) is 11.5 Å². The third-order valence-corrected chi connectivity index (χ3v) is 4.44. The van der Waals surface area contributed by atoms with Gasteiger partial charge in [-0.2, -0.15) is 0 Å². The van der Waals surface area contributed by atoms with Gasteiger partial charge in [0.15, 0.2) is 6.61 Å². The van der Waals surface area contributed by atoms with E-state index in [1.807, 2.05) is 37.3 Å². The zero-order valence-electron chi connectivity index (χ0n) is 13.2. The molecule has 0 spiro atoms. The highest BCUT2D eigenvalue weighted by atomic mass is 79.9. The van der Waals surface area contributed by atoms with Crippen molar-refractivity contribution in [3.8, 4) is 11.5 Å². The van der Waals surface area contributed by atoms with E-state index in [4.69, 9.17) is 9.47 Å². The van der Waals surface area contributed by atoms with Gasteiger partial charge in [-0.25, -0.2) is 4.79 Å². The van der Waals surface area contributed by atoms with E-state index in [0.717, 1.165) is 14.5 Å². The largest absolute Gasteiger partial charge is 0.482 e. The van der Waals surface area contributed by atoms with Crippen LogP contribution in [0.25, 0.3) is 0 Å². The Morgan fingerprint density at radius 3 is 2.39 bits per heavy atom. The van der Waals surface area contributed by atoms with Crippen LogP contribution in [-0.2, 0) is 4.79 Å². The van der Waals surface area contributed by atoms with Crippen molar-refractivity contribution >= 4 is 37.8 Å². The third-order valence-electron chi connectivity index (χ3n) is 3.33. The molecule has 3 nitrogen and oxygen atoms in total. The van der Waals surface area contributed by atoms with Crippen molar-refractivity contribution < 1.29 is 14.3 Å². The first-order valence-electron chi connectivity index (χ1n) is 7.26. The summed E-state index contributed by atoms with van der Waals surface area (Å²) in [5, 5.41) is 0. The van der Waals surface area contributed by atoms with Crippen LogP contribution in [0.3, 0.4) is 0 Å². The summed E-state index contributed by atoms with van der Waals surface area (Å²) in [7, 11) is 0. The number of benzene rings is 2. The number of aryl methyl sites for hydroxylation is 1. The summed E-state index contributed by atoms with van der Waals surface area (Å²) < 4.78 is 12.6. The fourth-order valence-electron chi connectivity index (χ4n) is 2.02. The van der Waals surface area contributed by atoms with Gasteiger partial charge in [-0.05, 0) is 70.2 Å². The molecule has 2 rings (SSSR count). The highest BCUT2D eigenvalue weighted by molar-refractivity contribution is 9.10. The number of carbonyl (C=O) groups is 1. The molecule has 0 aliphatic heterocycles. The van der Waals surface area contributed by atoms with E-state index in [2.05, 4.69) is 45.7 Å². The van der Waals surface area contributed by atoms with Gasteiger partial charge in [0.25, 0.3) is 0 Å². The lowest BCUT2D eigenvalue weighted by molar-refractivity contribution is -0.136. The molecular weight excluding hydrogens is 424 g/mol. The molecule has 0 aliphatic carbocycles. The molecule has 5 heteroatoms. The topological polar surface area (TPSA) is 35.5 Å². The number of ether oxygens (including phenoxy) is 2. The third kappa shape index (κ3) is 5.08. The van der Waals surface area contributed by atoms with Crippen molar-refractivity contribution in [2.45, 2.75) is 26.7 Å². The lowest BCUT2D eigenvalue weighted by atomic mass is 10.0. The molecular formula is C18H18Br2O3. The Bertz CT molecular complexity index is 711. The van der Waals surface area contributed by atoms with Gasteiger partial charge >= 0.3 is 5.97 Å². The summed E-state index contributed by atoms with van der Waals surface area (Å²) in [4.78, 5) is 12.0. The Morgan fingerprint density at radius 1 is 1.09 bits per heavy atom. The molecule has 0 radical (unpaired) electrons. The number of rotatable bonds is 5. The summed E-state index contributed by atoms with van der Waals surface area (Å²) in [6, 6.07) is 11.3. The Balaban J connectivity index is 1.97. The molecule has 0 N–H and O–H groups in total. The quantitative estimate of drug-likeness (QED) is 0.445. The van der Waals surface area contributed by atoms with Crippen molar-refractivity contribution in [1.29, 1.82) is 0 Å². The van der Waals surface area contributed by atoms with Crippen LogP contribution in [-0.4, -0.2) is 12.6 Å². The maximum atomic E-state index is 12.0. The van der Waals surface area contributed by atoms with Crippen LogP contribution in [0.4, 0.5) is 0 Å². The Kier molecular flexibility index (Phi) is 6.25. The minimum absolute atomic E-state index is 0.138. The van der Waals surface area contributed by atoms with E-state index in [-0.39, 0.29) is 6.61 Å². The van der Waals surface area contributed by atoms with Crippen molar-refractivity contribution in [2.75, 3.05) is 6.61 Å². The molecule has 0 amide bonds. The van der Waals surface area contributed by atoms with Crippen LogP contribution in [0.5, 0.6) is 11.5 Å². The lowest BCUT2D eigenvalue weighted by Crippen LogP contribution is -2.18. The molecule has 0 heterocycles. The van der Waals surface area contributed by atoms with Crippen molar-refractivity contribution in [3.05, 3.63) is 56.5 Å². The average Bonchev–Trinajstić information content (AvgIpc) is 2.48. The number of halogens is 2.